The molecule has 2 aromatic rings. The molecule has 0 atom stereocenters. The average molecular weight is 540 g/mol. The molecule has 0 bridgehead atoms. The van der Waals surface area contributed by atoms with E-state index in [0.717, 1.165) is 20.1 Å². The van der Waals surface area contributed by atoms with Crippen LogP contribution in [-0.4, -0.2) is 30.7 Å². The molecule has 0 aliphatic rings. The molecular weight excluding hydrogens is 516 g/mol. The van der Waals surface area contributed by atoms with Crippen LogP contribution < -0.4 is 20.3 Å². The van der Waals surface area contributed by atoms with Crippen LogP contribution in [0.5, 0.6) is 11.5 Å². The monoisotopic (exact) mass is 538 g/mol. The predicted octanol–water partition coefficient (Wildman–Crippen LogP) is 5.45. The lowest BCUT2D eigenvalue weighted by Gasteiger charge is -2.12. The third kappa shape index (κ3) is 8.16. The fraction of sp³-hybridized carbons (Fsp3) is 0.286. The maximum Gasteiger partial charge on any atom is 0.355 e. The van der Waals surface area contributed by atoms with Crippen molar-refractivity contribution in [3.05, 3.63) is 56.5 Å². The van der Waals surface area contributed by atoms with Gasteiger partial charge in [0.1, 0.15) is 11.5 Å². The Morgan fingerprint density at radius 2 is 1.23 bits per heavy atom. The maximum atomic E-state index is 12.0. The van der Waals surface area contributed by atoms with E-state index in [4.69, 9.17) is 9.47 Å². The van der Waals surface area contributed by atoms with Gasteiger partial charge in [-0.3, -0.25) is 0 Å². The third-order valence-electron chi connectivity index (χ3n) is 3.41. The molecule has 0 saturated carbocycles. The summed E-state index contributed by atoms with van der Waals surface area (Å²) in [5.41, 5.74) is 6.20. The van der Waals surface area contributed by atoms with Gasteiger partial charge in [-0.05, 0) is 64.1 Å². The van der Waals surface area contributed by atoms with Gasteiger partial charge >= 0.3 is 6.03 Å². The maximum absolute atomic E-state index is 12.0. The van der Waals surface area contributed by atoms with Gasteiger partial charge in [0, 0.05) is 20.1 Å². The van der Waals surface area contributed by atoms with E-state index < -0.39 is 6.03 Å². The number of hydrogen-bond acceptors (Lipinski definition) is 5. The molecule has 0 heterocycles. The van der Waals surface area contributed by atoms with Gasteiger partial charge in [-0.1, -0.05) is 31.9 Å². The van der Waals surface area contributed by atoms with E-state index >= 15 is 0 Å². The van der Waals surface area contributed by atoms with Gasteiger partial charge < -0.3 is 9.47 Å². The lowest BCUT2D eigenvalue weighted by molar-refractivity contribution is 0.240. The number of carbonyl (C=O) groups excluding carboxylic acids is 1. The number of hydrazone groups is 2. The quantitative estimate of drug-likeness (QED) is 0.345. The molecule has 2 amide bonds. The fourth-order valence-corrected chi connectivity index (χ4v) is 3.07. The van der Waals surface area contributed by atoms with E-state index in [0.29, 0.717) is 11.5 Å². The first-order valence-corrected chi connectivity index (χ1v) is 10.9. The summed E-state index contributed by atoms with van der Waals surface area (Å²) >= 11 is 6.83. The summed E-state index contributed by atoms with van der Waals surface area (Å²) in [5, 5.41) is 7.91. The number of benzene rings is 2. The Hall–Kier alpha value is -2.39. The first kappa shape index (κ1) is 23.9. The highest BCUT2D eigenvalue weighted by Crippen LogP contribution is 2.23. The lowest BCUT2D eigenvalue weighted by atomic mass is 10.2. The lowest BCUT2D eigenvalue weighted by Crippen LogP contribution is -2.28. The number of rotatable bonds is 8. The molecule has 2 aromatic carbocycles. The minimum Gasteiger partial charge on any atom is -0.490 e. The van der Waals surface area contributed by atoms with Crippen LogP contribution in [0, 0.1) is 0 Å². The van der Waals surface area contributed by atoms with Crippen molar-refractivity contribution >= 4 is 50.3 Å². The highest BCUT2D eigenvalue weighted by molar-refractivity contribution is 9.10. The topological polar surface area (TPSA) is 84.3 Å². The number of halogens is 2. The summed E-state index contributed by atoms with van der Waals surface area (Å²) in [7, 11) is 0. The number of ether oxygens (including phenoxy) is 2. The summed E-state index contributed by atoms with van der Waals surface area (Å²) in [6.07, 6.45) is 3.06. The smallest absolute Gasteiger partial charge is 0.355 e. The van der Waals surface area contributed by atoms with E-state index in [-0.39, 0.29) is 12.2 Å². The van der Waals surface area contributed by atoms with Crippen molar-refractivity contribution in [2.24, 2.45) is 10.2 Å². The molecule has 7 nitrogen and oxygen atoms in total. The third-order valence-corrected chi connectivity index (χ3v) is 4.39. The largest absolute Gasteiger partial charge is 0.490 e. The Morgan fingerprint density at radius 1 is 0.833 bits per heavy atom. The molecule has 2 rings (SSSR count). The molecule has 2 N–H and O–H groups in total. The van der Waals surface area contributed by atoms with Crippen LogP contribution in [0.25, 0.3) is 0 Å². The van der Waals surface area contributed by atoms with Gasteiger partial charge in [-0.15, -0.1) is 0 Å². The fourth-order valence-electron chi connectivity index (χ4n) is 2.31. The zero-order valence-electron chi connectivity index (χ0n) is 17.1. The first-order valence-electron chi connectivity index (χ1n) is 9.29. The molecule has 0 aromatic heterocycles. The molecule has 160 valence electrons. The molecule has 0 aliphatic carbocycles. The van der Waals surface area contributed by atoms with E-state index in [1.54, 1.807) is 0 Å². The number of nitrogens with one attached hydrogen (secondary N) is 2. The summed E-state index contributed by atoms with van der Waals surface area (Å²) in [6, 6.07) is 10.6. The van der Waals surface area contributed by atoms with Crippen molar-refractivity contribution in [1.29, 1.82) is 0 Å². The van der Waals surface area contributed by atoms with E-state index in [2.05, 4.69) is 52.9 Å². The highest BCUT2D eigenvalue weighted by atomic mass is 79.9. The number of urea groups is 1. The minimum absolute atomic E-state index is 0.0199. The molecule has 9 heteroatoms. The Balaban J connectivity index is 1.98. The predicted molar refractivity (Wildman–Crippen MR) is 127 cm³/mol. The van der Waals surface area contributed by atoms with Crippen LogP contribution >= 0.6 is 31.9 Å². The van der Waals surface area contributed by atoms with Gasteiger partial charge in [-0.2, -0.15) is 10.2 Å². The second-order valence-electron chi connectivity index (χ2n) is 6.77. The zero-order chi connectivity index (χ0) is 22.1. The van der Waals surface area contributed by atoms with Crippen molar-refractivity contribution in [2.75, 3.05) is 0 Å². The van der Waals surface area contributed by atoms with E-state index in [1.165, 1.54) is 12.4 Å². The minimum atomic E-state index is -0.579. The molecule has 0 unspecified atom stereocenters. The Kier molecular flexibility index (Phi) is 9.32. The number of nitrogens with zero attached hydrogens (tertiary/aromatic N) is 2. The van der Waals surface area contributed by atoms with Crippen LogP contribution in [0.4, 0.5) is 4.79 Å². The molecule has 0 spiro atoms. The molecule has 30 heavy (non-hydrogen) atoms. The molecular formula is C21H24Br2N4O3. The Labute approximate surface area is 193 Å². The van der Waals surface area contributed by atoms with Gasteiger partial charge in [0.05, 0.1) is 24.6 Å². The van der Waals surface area contributed by atoms with Crippen molar-refractivity contribution in [1.82, 2.24) is 10.9 Å². The second-order valence-corrected chi connectivity index (χ2v) is 8.60. The van der Waals surface area contributed by atoms with E-state index in [1.807, 2.05) is 64.1 Å². The summed E-state index contributed by atoms with van der Waals surface area (Å²) in [5.74, 6) is 1.34. The summed E-state index contributed by atoms with van der Waals surface area (Å²) in [4.78, 5) is 12.0. The summed E-state index contributed by atoms with van der Waals surface area (Å²) < 4.78 is 13.2. The van der Waals surface area contributed by atoms with Crippen molar-refractivity contribution in [3.63, 3.8) is 0 Å². The zero-order valence-corrected chi connectivity index (χ0v) is 20.3. The number of carbonyl (C=O) groups is 1. The van der Waals surface area contributed by atoms with Crippen LogP contribution in [0.3, 0.4) is 0 Å². The number of hydrogen-bond donors (Lipinski definition) is 2. The van der Waals surface area contributed by atoms with Crippen molar-refractivity contribution in [3.8, 4) is 11.5 Å². The van der Waals surface area contributed by atoms with E-state index in [9.17, 15) is 4.79 Å². The molecule has 0 fully saturated rings. The van der Waals surface area contributed by atoms with Crippen LogP contribution in [0.15, 0.2) is 55.5 Å². The SMILES string of the molecule is CC(C)Oc1ccc(Br)cc1/C=N\NC(=O)N/N=C/c1cc(Br)ccc1OC(C)C. The number of amides is 2. The molecule has 0 saturated heterocycles. The normalized spacial score (nSPS) is 11.5. The second kappa shape index (κ2) is 11.7. The van der Waals surface area contributed by atoms with Crippen molar-refractivity contribution in [2.45, 2.75) is 39.9 Å². The standard InChI is InChI=1S/C21H24Br2N4O3/c1-13(2)29-19-7-5-17(22)9-15(19)11-24-26-21(28)27-25-12-16-10-18(23)6-8-20(16)30-14(3)4/h5-14H,1-4H3,(H2,26,27,28)/b24-11-,25-12+. The van der Waals surface area contributed by atoms with Gasteiger partial charge in [0.2, 0.25) is 0 Å². The molecule has 0 aliphatic heterocycles. The highest BCUT2D eigenvalue weighted by Gasteiger charge is 2.06. The first-order chi connectivity index (χ1) is 14.2. The Morgan fingerprint density at radius 3 is 1.60 bits per heavy atom. The van der Waals surface area contributed by atoms with Crippen LogP contribution in [0.1, 0.15) is 38.8 Å². The Bertz CT molecular complexity index is 857. The van der Waals surface area contributed by atoms with Crippen LogP contribution in [0.2, 0.25) is 0 Å². The van der Waals surface area contributed by atoms with Gasteiger partial charge in [0.25, 0.3) is 0 Å². The van der Waals surface area contributed by atoms with Crippen LogP contribution in [-0.2, 0) is 0 Å². The van der Waals surface area contributed by atoms with Gasteiger partial charge in [0.15, 0.2) is 0 Å². The van der Waals surface area contributed by atoms with Crippen molar-refractivity contribution < 1.29 is 14.3 Å². The average Bonchev–Trinajstić information content (AvgIpc) is 2.65. The van der Waals surface area contributed by atoms with Gasteiger partial charge in [-0.25, -0.2) is 15.6 Å². The molecule has 0 radical (unpaired) electrons. The summed E-state index contributed by atoms with van der Waals surface area (Å²) in [6.45, 7) is 7.76.